The summed E-state index contributed by atoms with van der Waals surface area (Å²) >= 11 is 0. The van der Waals surface area contributed by atoms with Crippen molar-refractivity contribution in [2.24, 2.45) is 0 Å². The molecule has 0 heterocycles. The molecule has 0 saturated carbocycles. The van der Waals surface area contributed by atoms with E-state index >= 15 is 0 Å². The van der Waals surface area contributed by atoms with E-state index in [0.29, 0.717) is 19.6 Å². The zero-order chi connectivity index (χ0) is 15.0. The smallest absolute Gasteiger partial charge is 0.320 e. The Morgan fingerprint density at radius 2 is 2.00 bits per heavy atom. The highest BCUT2D eigenvalue weighted by atomic mass is 16.5. The highest BCUT2D eigenvalue weighted by molar-refractivity contribution is 5.72. The van der Waals surface area contributed by atoms with Gasteiger partial charge in [-0.25, -0.2) is 0 Å². The topological polar surface area (TPSA) is 78.8 Å². The molecule has 112 valence electrons. The first kappa shape index (κ1) is 16.5. The first-order valence-electron chi connectivity index (χ1n) is 6.91. The quantitative estimate of drug-likeness (QED) is 0.645. The number of aliphatic hydroxyl groups excluding tert-OH is 1. The van der Waals surface area contributed by atoms with E-state index < -0.39 is 18.1 Å². The summed E-state index contributed by atoms with van der Waals surface area (Å²) in [6.45, 7) is 4.75. The normalized spacial score (nSPS) is 13.8. The van der Waals surface area contributed by atoms with E-state index in [1.54, 1.807) is 6.92 Å². The Kier molecular flexibility index (Phi) is 7.04. The molecule has 0 aliphatic carbocycles. The molecule has 3 N–H and O–H groups in total. The SMILES string of the molecule is CCCOc1ccc([C@H](O)CCN[C@@H](C)C(=O)O)cc1. The summed E-state index contributed by atoms with van der Waals surface area (Å²) in [5.74, 6) is -0.0997. The Balaban J connectivity index is 2.39. The van der Waals surface area contributed by atoms with Crippen molar-refractivity contribution in [2.75, 3.05) is 13.2 Å². The molecule has 0 aliphatic rings. The van der Waals surface area contributed by atoms with Gasteiger partial charge in [0.25, 0.3) is 0 Å². The fraction of sp³-hybridized carbons (Fsp3) is 0.533. The largest absolute Gasteiger partial charge is 0.494 e. The third kappa shape index (κ3) is 5.59. The van der Waals surface area contributed by atoms with Crippen molar-refractivity contribution >= 4 is 5.97 Å². The summed E-state index contributed by atoms with van der Waals surface area (Å²) in [7, 11) is 0. The van der Waals surface area contributed by atoms with Crippen molar-refractivity contribution in [3.8, 4) is 5.75 Å². The molecule has 0 amide bonds. The first-order chi connectivity index (χ1) is 9.54. The van der Waals surface area contributed by atoms with Crippen molar-refractivity contribution in [2.45, 2.75) is 38.8 Å². The molecule has 0 unspecified atom stereocenters. The standard InChI is InChI=1S/C15H23NO4/c1-3-10-20-13-6-4-12(5-7-13)14(17)8-9-16-11(2)15(18)19/h4-7,11,14,16-17H,3,8-10H2,1-2H3,(H,18,19)/t11-,14+/m0/s1. The second kappa shape index (κ2) is 8.55. The average molecular weight is 281 g/mol. The van der Waals surface area contributed by atoms with Crippen LogP contribution in [0.2, 0.25) is 0 Å². The summed E-state index contributed by atoms with van der Waals surface area (Å²) in [5.41, 5.74) is 0.804. The highest BCUT2D eigenvalue weighted by Crippen LogP contribution is 2.20. The van der Waals surface area contributed by atoms with Crippen LogP contribution >= 0.6 is 0 Å². The van der Waals surface area contributed by atoms with Gasteiger partial charge >= 0.3 is 5.97 Å². The van der Waals surface area contributed by atoms with Gasteiger partial charge in [0.15, 0.2) is 0 Å². The van der Waals surface area contributed by atoms with Gasteiger partial charge in [-0.15, -0.1) is 0 Å². The van der Waals surface area contributed by atoms with E-state index in [0.717, 1.165) is 17.7 Å². The zero-order valence-electron chi connectivity index (χ0n) is 12.0. The molecule has 0 radical (unpaired) electrons. The van der Waals surface area contributed by atoms with Gasteiger partial charge in [-0.2, -0.15) is 0 Å². The minimum absolute atomic E-state index is 0.447. The molecule has 1 aromatic rings. The van der Waals surface area contributed by atoms with E-state index in [1.807, 2.05) is 31.2 Å². The van der Waals surface area contributed by atoms with E-state index in [9.17, 15) is 9.90 Å². The van der Waals surface area contributed by atoms with Crippen LogP contribution in [0.3, 0.4) is 0 Å². The molecule has 1 aromatic carbocycles. The molecule has 1 rings (SSSR count). The number of aliphatic carboxylic acids is 1. The predicted octanol–water partition coefficient (Wildman–Crippen LogP) is 1.96. The number of hydrogen-bond acceptors (Lipinski definition) is 4. The lowest BCUT2D eigenvalue weighted by molar-refractivity contribution is -0.139. The molecular weight excluding hydrogens is 258 g/mol. The van der Waals surface area contributed by atoms with Gasteiger partial charge in [0.05, 0.1) is 12.7 Å². The molecule has 0 fully saturated rings. The number of ether oxygens (including phenoxy) is 1. The van der Waals surface area contributed by atoms with Crippen molar-refractivity contribution in [3.63, 3.8) is 0 Å². The van der Waals surface area contributed by atoms with E-state index in [4.69, 9.17) is 9.84 Å². The number of carbonyl (C=O) groups is 1. The van der Waals surface area contributed by atoms with Crippen LogP contribution < -0.4 is 10.1 Å². The monoisotopic (exact) mass is 281 g/mol. The lowest BCUT2D eigenvalue weighted by Crippen LogP contribution is -2.34. The van der Waals surface area contributed by atoms with Crippen LogP contribution in [0, 0.1) is 0 Å². The van der Waals surface area contributed by atoms with Gasteiger partial charge in [-0.05, 0) is 44.0 Å². The maximum atomic E-state index is 10.6. The Morgan fingerprint density at radius 1 is 1.35 bits per heavy atom. The molecule has 0 bridgehead atoms. The Morgan fingerprint density at radius 3 is 2.55 bits per heavy atom. The third-order valence-electron chi connectivity index (χ3n) is 2.98. The Bertz CT molecular complexity index is 405. The molecule has 0 spiro atoms. The van der Waals surface area contributed by atoms with E-state index in [-0.39, 0.29) is 0 Å². The summed E-state index contributed by atoms with van der Waals surface area (Å²) in [5, 5.41) is 21.6. The lowest BCUT2D eigenvalue weighted by Gasteiger charge is -2.14. The number of aliphatic hydroxyl groups is 1. The molecule has 0 saturated heterocycles. The van der Waals surface area contributed by atoms with Crippen molar-refractivity contribution in [1.82, 2.24) is 5.32 Å². The van der Waals surface area contributed by atoms with Gasteiger partial charge in [0, 0.05) is 0 Å². The van der Waals surface area contributed by atoms with Gasteiger partial charge in [0.2, 0.25) is 0 Å². The van der Waals surface area contributed by atoms with Crippen LogP contribution in [0.4, 0.5) is 0 Å². The number of benzene rings is 1. The molecule has 5 heteroatoms. The van der Waals surface area contributed by atoms with Crippen LogP contribution in [0.5, 0.6) is 5.75 Å². The second-order valence-electron chi connectivity index (χ2n) is 4.74. The number of rotatable bonds is 9. The summed E-state index contributed by atoms with van der Waals surface area (Å²) in [4.78, 5) is 10.6. The van der Waals surface area contributed by atoms with Gasteiger partial charge in [-0.3, -0.25) is 4.79 Å². The van der Waals surface area contributed by atoms with Gasteiger partial charge in [0.1, 0.15) is 11.8 Å². The minimum Gasteiger partial charge on any atom is -0.494 e. The van der Waals surface area contributed by atoms with Crippen molar-refractivity contribution < 1.29 is 19.7 Å². The highest BCUT2D eigenvalue weighted by Gasteiger charge is 2.12. The molecule has 0 aliphatic heterocycles. The van der Waals surface area contributed by atoms with E-state index in [1.165, 1.54) is 0 Å². The zero-order valence-corrected chi connectivity index (χ0v) is 12.0. The van der Waals surface area contributed by atoms with Crippen LogP contribution in [-0.4, -0.2) is 35.4 Å². The van der Waals surface area contributed by atoms with Crippen LogP contribution in [0.15, 0.2) is 24.3 Å². The number of hydrogen-bond donors (Lipinski definition) is 3. The van der Waals surface area contributed by atoms with Gasteiger partial charge in [-0.1, -0.05) is 19.1 Å². The summed E-state index contributed by atoms with van der Waals surface area (Å²) in [6.07, 6.45) is 0.814. The lowest BCUT2D eigenvalue weighted by atomic mass is 10.1. The minimum atomic E-state index is -0.892. The van der Waals surface area contributed by atoms with Crippen LogP contribution in [0.25, 0.3) is 0 Å². The molecule has 20 heavy (non-hydrogen) atoms. The number of nitrogens with one attached hydrogen (secondary N) is 1. The fourth-order valence-corrected chi connectivity index (χ4v) is 1.70. The molecular formula is C15H23NO4. The summed E-state index contributed by atoms with van der Waals surface area (Å²) in [6, 6.07) is 6.72. The number of carboxylic acid groups (broad SMARTS) is 1. The third-order valence-corrected chi connectivity index (χ3v) is 2.98. The first-order valence-corrected chi connectivity index (χ1v) is 6.91. The Hall–Kier alpha value is -1.59. The average Bonchev–Trinajstić information content (AvgIpc) is 2.45. The van der Waals surface area contributed by atoms with Crippen LogP contribution in [-0.2, 0) is 4.79 Å². The maximum absolute atomic E-state index is 10.6. The molecule has 5 nitrogen and oxygen atoms in total. The molecule has 2 atom stereocenters. The second-order valence-corrected chi connectivity index (χ2v) is 4.74. The van der Waals surface area contributed by atoms with Crippen LogP contribution in [0.1, 0.15) is 38.4 Å². The van der Waals surface area contributed by atoms with Crippen molar-refractivity contribution in [3.05, 3.63) is 29.8 Å². The predicted molar refractivity (Wildman–Crippen MR) is 76.9 cm³/mol. The summed E-state index contributed by atoms with van der Waals surface area (Å²) < 4.78 is 5.47. The number of carboxylic acids is 1. The van der Waals surface area contributed by atoms with Crippen molar-refractivity contribution in [1.29, 1.82) is 0 Å². The fourth-order valence-electron chi connectivity index (χ4n) is 1.70. The maximum Gasteiger partial charge on any atom is 0.320 e. The molecule has 0 aromatic heterocycles. The van der Waals surface area contributed by atoms with E-state index in [2.05, 4.69) is 5.32 Å². The Labute approximate surface area is 119 Å². The van der Waals surface area contributed by atoms with Gasteiger partial charge < -0.3 is 20.3 Å².